The molecule has 1 heterocycles. The molecule has 2 rings (SSSR count). The molecule has 20 heavy (non-hydrogen) atoms. The Morgan fingerprint density at radius 1 is 1.15 bits per heavy atom. The molecule has 0 aliphatic heterocycles. The van der Waals surface area contributed by atoms with Crippen LogP contribution in [0.4, 0.5) is 17.3 Å². The minimum atomic E-state index is 0.548. The quantitative estimate of drug-likeness (QED) is 0.616. The Morgan fingerprint density at radius 2 is 1.80 bits per heavy atom. The molecule has 0 radical (unpaired) electrons. The van der Waals surface area contributed by atoms with Crippen molar-refractivity contribution in [3.8, 4) is 0 Å². The second kappa shape index (κ2) is 7.02. The van der Waals surface area contributed by atoms with Crippen LogP contribution in [0, 0.1) is 0 Å². The average Bonchev–Trinajstić information content (AvgIpc) is 2.43. The molecule has 1 aromatic heterocycles. The molecule has 0 atom stereocenters. The Labute approximate surface area is 132 Å². The molecule has 2 N–H and O–H groups in total. The lowest BCUT2D eigenvalue weighted by Gasteiger charge is -2.12. The van der Waals surface area contributed by atoms with Crippen LogP contribution >= 0.6 is 35.0 Å². The Kier molecular flexibility index (Phi) is 5.34. The number of nitrogens with one attached hydrogen (secondary N) is 2. The van der Waals surface area contributed by atoms with Crippen molar-refractivity contribution in [2.45, 2.75) is 12.1 Å². The fraction of sp³-hybridized carbons (Fsp3) is 0.231. The van der Waals surface area contributed by atoms with Gasteiger partial charge in [0.2, 0.25) is 0 Å². The van der Waals surface area contributed by atoms with Gasteiger partial charge in [-0.2, -0.15) is 0 Å². The van der Waals surface area contributed by atoms with Gasteiger partial charge in [-0.3, -0.25) is 0 Å². The molecule has 106 valence electrons. The zero-order chi connectivity index (χ0) is 14.5. The fourth-order valence-electron chi connectivity index (χ4n) is 1.60. The van der Waals surface area contributed by atoms with Crippen molar-refractivity contribution in [1.29, 1.82) is 0 Å². The van der Waals surface area contributed by atoms with Gasteiger partial charge in [0, 0.05) is 12.6 Å². The number of hydrogen-bond donors (Lipinski definition) is 2. The third-order valence-corrected chi connectivity index (χ3v) is 3.64. The van der Waals surface area contributed by atoms with E-state index in [1.54, 1.807) is 18.2 Å². The van der Waals surface area contributed by atoms with E-state index in [1.165, 1.54) is 11.8 Å². The topological polar surface area (TPSA) is 49.8 Å². The highest BCUT2D eigenvalue weighted by Crippen LogP contribution is 2.32. The van der Waals surface area contributed by atoms with Gasteiger partial charge in [-0.15, -0.1) is 0 Å². The average molecular weight is 329 g/mol. The van der Waals surface area contributed by atoms with Gasteiger partial charge in [0.25, 0.3) is 0 Å². The number of rotatable bonds is 5. The van der Waals surface area contributed by atoms with Gasteiger partial charge >= 0.3 is 0 Å². The summed E-state index contributed by atoms with van der Waals surface area (Å²) in [5.74, 6) is 1.41. The van der Waals surface area contributed by atoms with Crippen LogP contribution in [0.25, 0.3) is 0 Å². The summed E-state index contributed by atoms with van der Waals surface area (Å²) in [4.78, 5) is 8.76. The van der Waals surface area contributed by atoms with Crippen LogP contribution in [0.2, 0.25) is 10.0 Å². The maximum absolute atomic E-state index is 6.14. The molecular weight excluding hydrogens is 315 g/mol. The third-order valence-electron chi connectivity index (χ3n) is 2.46. The zero-order valence-corrected chi connectivity index (χ0v) is 13.4. The molecular formula is C13H14Cl2N4S. The van der Waals surface area contributed by atoms with Gasteiger partial charge in [-0.1, -0.05) is 41.0 Å². The van der Waals surface area contributed by atoms with Crippen LogP contribution in [0.3, 0.4) is 0 Å². The minimum Gasteiger partial charge on any atom is -0.370 e. The second-order valence-corrected chi connectivity index (χ2v) is 5.46. The summed E-state index contributed by atoms with van der Waals surface area (Å²) in [6, 6.07) is 7.17. The van der Waals surface area contributed by atoms with Gasteiger partial charge < -0.3 is 10.6 Å². The normalized spacial score (nSPS) is 10.4. The lowest BCUT2D eigenvalue weighted by Crippen LogP contribution is -2.04. The monoisotopic (exact) mass is 328 g/mol. The number of para-hydroxylation sites is 1. The first-order chi connectivity index (χ1) is 9.63. The Morgan fingerprint density at radius 3 is 2.40 bits per heavy atom. The summed E-state index contributed by atoms with van der Waals surface area (Å²) in [5.41, 5.74) is 0.643. The summed E-state index contributed by atoms with van der Waals surface area (Å²) in [7, 11) is 0. The van der Waals surface area contributed by atoms with E-state index in [-0.39, 0.29) is 0 Å². The number of aromatic nitrogens is 2. The Bertz CT molecular complexity index is 587. The second-order valence-electron chi connectivity index (χ2n) is 3.88. The van der Waals surface area contributed by atoms with E-state index in [4.69, 9.17) is 23.2 Å². The van der Waals surface area contributed by atoms with E-state index in [0.29, 0.717) is 26.7 Å². The van der Waals surface area contributed by atoms with Crippen LogP contribution in [0.1, 0.15) is 6.92 Å². The van der Waals surface area contributed by atoms with Crippen molar-refractivity contribution >= 4 is 52.3 Å². The first-order valence-electron chi connectivity index (χ1n) is 6.02. The Hall–Kier alpha value is -1.17. The van der Waals surface area contributed by atoms with Crippen molar-refractivity contribution < 1.29 is 0 Å². The first kappa shape index (κ1) is 15.2. The highest BCUT2D eigenvalue weighted by molar-refractivity contribution is 7.98. The lowest BCUT2D eigenvalue weighted by molar-refractivity contribution is 0.967. The molecule has 0 fully saturated rings. The standard InChI is InChI=1S/C13H14Cl2N4S/c1-3-16-10-7-11(19-13(18-10)20-2)17-12-8(14)5-4-6-9(12)15/h4-7H,3H2,1-2H3,(H2,16,17,18,19). The molecule has 2 aromatic rings. The van der Waals surface area contributed by atoms with Gasteiger partial charge in [0.15, 0.2) is 5.16 Å². The molecule has 0 amide bonds. The molecule has 0 bridgehead atoms. The molecule has 0 saturated heterocycles. The van der Waals surface area contributed by atoms with E-state index in [2.05, 4.69) is 20.6 Å². The molecule has 0 aliphatic rings. The van der Waals surface area contributed by atoms with Crippen molar-refractivity contribution in [2.75, 3.05) is 23.4 Å². The number of nitrogens with zero attached hydrogens (tertiary/aromatic N) is 2. The number of anilines is 3. The van der Waals surface area contributed by atoms with Crippen molar-refractivity contribution in [3.63, 3.8) is 0 Å². The minimum absolute atomic E-state index is 0.548. The summed E-state index contributed by atoms with van der Waals surface area (Å²) in [5, 5.41) is 8.08. The van der Waals surface area contributed by atoms with Crippen LogP contribution in [0.15, 0.2) is 29.4 Å². The Balaban J connectivity index is 2.35. The van der Waals surface area contributed by atoms with E-state index in [0.717, 1.165) is 12.4 Å². The van der Waals surface area contributed by atoms with Crippen LogP contribution in [0.5, 0.6) is 0 Å². The molecule has 0 unspecified atom stereocenters. The third kappa shape index (κ3) is 3.69. The van der Waals surface area contributed by atoms with Crippen molar-refractivity contribution in [1.82, 2.24) is 9.97 Å². The maximum atomic E-state index is 6.14. The van der Waals surface area contributed by atoms with Crippen LogP contribution in [-0.4, -0.2) is 22.8 Å². The molecule has 0 aliphatic carbocycles. The summed E-state index contributed by atoms with van der Waals surface area (Å²) in [6.07, 6.45) is 1.93. The largest absolute Gasteiger partial charge is 0.370 e. The molecule has 1 aromatic carbocycles. The molecule has 0 saturated carbocycles. The predicted octanol–water partition coefficient (Wildman–Crippen LogP) is 4.68. The van der Waals surface area contributed by atoms with Crippen LogP contribution in [-0.2, 0) is 0 Å². The smallest absolute Gasteiger partial charge is 0.191 e. The highest BCUT2D eigenvalue weighted by Gasteiger charge is 2.09. The lowest BCUT2D eigenvalue weighted by atomic mass is 10.3. The van der Waals surface area contributed by atoms with Gasteiger partial charge in [-0.25, -0.2) is 9.97 Å². The first-order valence-corrected chi connectivity index (χ1v) is 8.00. The van der Waals surface area contributed by atoms with Crippen molar-refractivity contribution in [3.05, 3.63) is 34.3 Å². The summed E-state index contributed by atoms with van der Waals surface area (Å²) < 4.78 is 0. The predicted molar refractivity (Wildman–Crippen MR) is 87.7 cm³/mol. The molecule has 7 heteroatoms. The van der Waals surface area contributed by atoms with Crippen molar-refractivity contribution in [2.24, 2.45) is 0 Å². The zero-order valence-electron chi connectivity index (χ0n) is 11.1. The van der Waals surface area contributed by atoms with E-state index in [1.807, 2.05) is 19.2 Å². The van der Waals surface area contributed by atoms with E-state index < -0.39 is 0 Å². The number of benzene rings is 1. The summed E-state index contributed by atoms with van der Waals surface area (Å²) >= 11 is 13.8. The SMILES string of the molecule is CCNc1cc(Nc2c(Cl)cccc2Cl)nc(SC)n1. The van der Waals surface area contributed by atoms with E-state index in [9.17, 15) is 0 Å². The summed E-state index contributed by atoms with van der Waals surface area (Å²) in [6.45, 7) is 2.80. The number of thioether (sulfide) groups is 1. The maximum Gasteiger partial charge on any atom is 0.191 e. The highest BCUT2D eigenvalue weighted by atomic mass is 35.5. The molecule has 0 spiro atoms. The molecule has 4 nitrogen and oxygen atoms in total. The number of hydrogen-bond acceptors (Lipinski definition) is 5. The van der Waals surface area contributed by atoms with Gasteiger partial charge in [-0.05, 0) is 25.3 Å². The van der Waals surface area contributed by atoms with E-state index >= 15 is 0 Å². The number of halogens is 2. The van der Waals surface area contributed by atoms with Crippen LogP contribution < -0.4 is 10.6 Å². The van der Waals surface area contributed by atoms with Gasteiger partial charge in [0.05, 0.1) is 15.7 Å². The van der Waals surface area contributed by atoms with Gasteiger partial charge in [0.1, 0.15) is 11.6 Å². The fourth-order valence-corrected chi connectivity index (χ4v) is 2.47.